The zero-order valence-electron chi connectivity index (χ0n) is 29.6. The number of amides is 4. The van der Waals surface area contributed by atoms with Crippen LogP contribution >= 0.6 is 0 Å². The molecule has 2 aromatic carbocycles. The number of hydrogen-bond donors (Lipinski definition) is 2. The van der Waals surface area contributed by atoms with Crippen molar-refractivity contribution in [1.29, 1.82) is 0 Å². The molecule has 1 saturated carbocycles. The van der Waals surface area contributed by atoms with Crippen LogP contribution in [-0.2, 0) is 20.9 Å². The summed E-state index contributed by atoms with van der Waals surface area (Å²) in [4.78, 5) is 53.2. The molecule has 2 aromatic rings. The Morgan fingerprint density at radius 3 is 2.37 bits per heavy atom. The van der Waals surface area contributed by atoms with Crippen molar-refractivity contribution in [2.24, 2.45) is 0 Å². The second kappa shape index (κ2) is 16.1. The minimum absolute atomic E-state index is 0.106. The lowest BCUT2D eigenvalue weighted by Gasteiger charge is -2.33. The van der Waals surface area contributed by atoms with Crippen molar-refractivity contribution in [2.75, 3.05) is 32.8 Å². The van der Waals surface area contributed by atoms with E-state index in [1.807, 2.05) is 6.07 Å². The number of nitrogens with zero attached hydrogens (tertiary/aromatic N) is 2. The molecule has 1 aliphatic carbocycles. The third-order valence-corrected chi connectivity index (χ3v) is 11.6. The maximum absolute atomic E-state index is 14.8. The van der Waals surface area contributed by atoms with E-state index in [4.69, 9.17) is 9.47 Å². The van der Waals surface area contributed by atoms with Crippen molar-refractivity contribution in [1.82, 2.24) is 20.4 Å². The van der Waals surface area contributed by atoms with E-state index in [1.165, 1.54) is 23.8 Å². The van der Waals surface area contributed by atoms with Crippen LogP contribution in [-0.4, -0.2) is 78.4 Å². The van der Waals surface area contributed by atoms with Crippen LogP contribution in [0.4, 0.5) is 4.39 Å². The minimum Gasteiger partial charge on any atom is -0.490 e. The van der Waals surface area contributed by atoms with Gasteiger partial charge in [0.05, 0.1) is 12.7 Å². The molecule has 4 fully saturated rings. The van der Waals surface area contributed by atoms with Crippen LogP contribution in [0.15, 0.2) is 30.3 Å². The predicted octanol–water partition coefficient (Wildman–Crippen LogP) is 5.72. The molecule has 5 aliphatic rings. The van der Waals surface area contributed by atoms with E-state index in [-0.39, 0.29) is 48.6 Å². The van der Waals surface area contributed by atoms with Gasteiger partial charge in [0.25, 0.3) is 5.91 Å². The van der Waals surface area contributed by atoms with E-state index in [9.17, 15) is 23.6 Å². The molecule has 274 valence electrons. The Morgan fingerprint density at radius 1 is 0.824 bits per heavy atom. The summed E-state index contributed by atoms with van der Waals surface area (Å²) < 4.78 is 27.4. The fourth-order valence-corrected chi connectivity index (χ4v) is 8.65. The van der Waals surface area contributed by atoms with Gasteiger partial charge in [0.15, 0.2) is 11.5 Å². The second-order valence-electron chi connectivity index (χ2n) is 15.1. The van der Waals surface area contributed by atoms with Crippen LogP contribution in [0.3, 0.4) is 0 Å². The molecule has 4 amide bonds. The van der Waals surface area contributed by atoms with Crippen LogP contribution in [0, 0.1) is 5.82 Å². The van der Waals surface area contributed by atoms with Gasteiger partial charge in [-0.1, -0.05) is 25.3 Å². The van der Waals surface area contributed by atoms with Gasteiger partial charge >= 0.3 is 0 Å². The Hall–Kier alpha value is -3.99. The second-order valence-corrected chi connectivity index (χ2v) is 15.1. The summed E-state index contributed by atoms with van der Waals surface area (Å²) in [6, 6.07) is 8.36. The lowest BCUT2D eigenvalue weighted by molar-refractivity contribution is -0.137. The van der Waals surface area contributed by atoms with Crippen molar-refractivity contribution in [2.45, 2.75) is 120 Å². The molecule has 10 nitrogen and oxygen atoms in total. The monoisotopic (exact) mass is 702 g/mol. The zero-order valence-corrected chi connectivity index (χ0v) is 29.6. The maximum atomic E-state index is 14.8. The third kappa shape index (κ3) is 8.40. The third-order valence-electron chi connectivity index (χ3n) is 11.6. The smallest absolute Gasteiger partial charge is 0.255 e. The molecule has 0 aromatic heterocycles. The molecule has 2 unspecified atom stereocenters. The van der Waals surface area contributed by atoms with Gasteiger partial charge in [0.2, 0.25) is 17.7 Å². The number of rotatable bonds is 14. The molecule has 2 N–H and O–H groups in total. The molecule has 0 spiro atoms. The highest BCUT2D eigenvalue weighted by Gasteiger charge is 2.41. The lowest BCUT2D eigenvalue weighted by Crippen LogP contribution is -2.52. The summed E-state index contributed by atoms with van der Waals surface area (Å²) >= 11 is 0. The van der Waals surface area contributed by atoms with Crippen LogP contribution in [0.2, 0.25) is 0 Å². The quantitative estimate of drug-likeness (QED) is 0.191. The van der Waals surface area contributed by atoms with Crippen LogP contribution in [0.1, 0.15) is 129 Å². The normalized spacial score (nSPS) is 23.1. The Kier molecular flexibility index (Phi) is 11.2. The average molecular weight is 703 g/mol. The molecule has 2 atom stereocenters. The Labute approximate surface area is 299 Å². The van der Waals surface area contributed by atoms with Gasteiger partial charge in [0, 0.05) is 37.4 Å². The number of nitrogens with one attached hydrogen (secondary N) is 2. The number of carbonyl (C=O) groups is 4. The highest BCUT2D eigenvalue weighted by Crippen LogP contribution is 2.39. The molecule has 0 bridgehead atoms. The molecule has 3 saturated heterocycles. The number of benzene rings is 2. The first-order valence-electron chi connectivity index (χ1n) is 19.2. The zero-order chi connectivity index (χ0) is 35.3. The summed E-state index contributed by atoms with van der Waals surface area (Å²) in [5, 5.41) is 5.27. The van der Waals surface area contributed by atoms with Gasteiger partial charge in [-0.25, -0.2) is 4.39 Å². The summed E-state index contributed by atoms with van der Waals surface area (Å²) in [5.74, 6) is 0.561. The molecular weight excluding hydrogens is 651 g/mol. The number of unbranched alkanes of at least 4 members (excludes halogenated alkanes) is 4. The predicted molar refractivity (Wildman–Crippen MR) is 189 cm³/mol. The summed E-state index contributed by atoms with van der Waals surface area (Å²) in [7, 11) is 0. The number of likely N-dealkylation sites (tertiary alicyclic amines) is 1. The SMILES string of the molecule is O=C1CC(c2ccc(OCCCCCCCN3CCC(c4cc(F)cc5c4CN(C4CCC(=O)NC4=O)C5=O)CC3)c(OC3CCCC3)c2)CN1. The van der Waals surface area contributed by atoms with Gasteiger partial charge < -0.3 is 24.6 Å². The highest BCUT2D eigenvalue weighted by atomic mass is 19.1. The van der Waals surface area contributed by atoms with Crippen LogP contribution < -0.4 is 20.1 Å². The lowest BCUT2D eigenvalue weighted by atomic mass is 9.85. The average Bonchev–Trinajstić information content (AvgIpc) is 3.88. The van der Waals surface area contributed by atoms with Crippen molar-refractivity contribution < 1.29 is 33.0 Å². The van der Waals surface area contributed by atoms with Gasteiger partial charge in [-0.15, -0.1) is 0 Å². The first-order valence-corrected chi connectivity index (χ1v) is 19.2. The molecular formula is C40H51FN4O6. The van der Waals surface area contributed by atoms with Crippen LogP contribution in [0.5, 0.6) is 11.5 Å². The van der Waals surface area contributed by atoms with E-state index in [1.54, 1.807) is 6.07 Å². The Morgan fingerprint density at radius 2 is 1.61 bits per heavy atom. The Balaban J connectivity index is 0.820. The number of piperidine rings is 2. The molecule has 7 rings (SSSR count). The number of hydrogen-bond acceptors (Lipinski definition) is 7. The van der Waals surface area contributed by atoms with E-state index < -0.39 is 17.8 Å². The Bertz CT molecular complexity index is 1620. The number of ether oxygens (including phenoxy) is 2. The van der Waals surface area contributed by atoms with Gasteiger partial charge in [-0.2, -0.15) is 0 Å². The standard InChI is InChI=1S/C40H51FN4O6/c41-29-22-31(33-25-45(40(49)32(33)23-29)34-11-13-37(46)43-39(34)48)26-14-17-44(18-15-26)16-6-2-1-3-7-19-50-35-12-10-27(28-21-38(47)42-24-28)20-36(35)51-30-8-4-5-9-30/h10,12,20,22-23,26,28,30,34H,1-9,11,13-19,21,24-25H2,(H,42,47)(H,43,46,48). The fraction of sp³-hybridized carbons (Fsp3) is 0.600. The largest absolute Gasteiger partial charge is 0.490 e. The van der Waals surface area contributed by atoms with E-state index in [0.29, 0.717) is 31.6 Å². The molecule has 4 aliphatic heterocycles. The minimum atomic E-state index is -0.701. The summed E-state index contributed by atoms with van der Waals surface area (Å²) in [5.41, 5.74) is 3.22. The molecule has 4 heterocycles. The van der Waals surface area contributed by atoms with Gasteiger partial charge in [-0.3, -0.25) is 24.5 Å². The highest BCUT2D eigenvalue weighted by molar-refractivity contribution is 6.05. The maximum Gasteiger partial charge on any atom is 0.255 e. The first kappa shape index (κ1) is 35.4. The van der Waals surface area contributed by atoms with Crippen molar-refractivity contribution >= 4 is 23.6 Å². The van der Waals surface area contributed by atoms with Crippen molar-refractivity contribution in [3.05, 3.63) is 58.4 Å². The summed E-state index contributed by atoms with van der Waals surface area (Å²) in [6.45, 7) is 4.53. The molecule has 0 radical (unpaired) electrons. The van der Waals surface area contributed by atoms with Gasteiger partial charge in [0.1, 0.15) is 11.9 Å². The first-order chi connectivity index (χ1) is 24.8. The van der Waals surface area contributed by atoms with Crippen molar-refractivity contribution in [3.8, 4) is 11.5 Å². The van der Waals surface area contributed by atoms with Crippen LogP contribution in [0.25, 0.3) is 0 Å². The van der Waals surface area contributed by atoms with E-state index in [0.717, 1.165) is 106 Å². The van der Waals surface area contributed by atoms with Crippen molar-refractivity contribution in [3.63, 3.8) is 0 Å². The van der Waals surface area contributed by atoms with E-state index >= 15 is 0 Å². The molecule has 51 heavy (non-hydrogen) atoms. The van der Waals surface area contributed by atoms with E-state index in [2.05, 4.69) is 27.7 Å². The van der Waals surface area contributed by atoms with Gasteiger partial charge in [-0.05, 0) is 124 Å². The number of carbonyl (C=O) groups excluding carboxylic acids is 4. The summed E-state index contributed by atoms with van der Waals surface area (Å²) in [6.07, 6.45) is 13.2. The number of imide groups is 1. The topological polar surface area (TPSA) is 117 Å². The number of halogens is 1. The fourth-order valence-electron chi connectivity index (χ4n) is 8.65. The molecule has 11 heteroatoms. The number of fused-ring (bicyclic) bond motifs is 1.